The zero-order chi connectivity index (χ0) is 15.3. The maximum absolute atomic E-state index is 12.3. The van der Waals surface area contributed by atoms with Gasteiger partial charge in [-0.05, 0) is 24.6 Å². The molecule has 2 unspecified atom stereocenters. The van der Waals surface area contributed by atoms with E-state index < -0.39 is 16.1 Å². The minimum atomic E-state index is -3.62. The second kappa shape index (κ2) is 7.14. The van der Waals surface area contributed by atoms with E-state index in [0.29, 0.717) is 0 Å². The van der Waals surface area contributed by atoms with Crippen LogP contribution < -0.4 is 5.73 Å². The Labute approximate surface area is 120 Å². The first-order valence-corrected chi connectivity index (χ1v) is 7.72. The lowest BCUT2D eigenvalue weighted by Gasteiger charge is -2.20. The molecule has 1 aromatic rings. The van der Waals surface area contributed by atoms with Gasteiger partial charge in [-0.1, -0.05) is 12.1 Å². The van der Waals surface area contributed by atoms with E-state index in [1.165, 1.54) is 26.3 Å². The molecule has 0 aliphatic rings. The number of rotatable bonds is 7. The van der Waals surface area contributed by atoms with Gasteiger partial charge in [-0.25, -0.2) is 8.42 Å². The fourth-order valence-corrected chi connectivity index (χ4v) is 2.97. The van der Waals surface area contributed by atoms with Crippen LogP contribution in [-0.2, 0) is 14.8 Å². The van der Waals surface area contributed by atoms with Crippen LogP contribution >= 0.6 is 0 Å². The molecule has 6 nitrogen and oxygen atoms in total. The molecule has 0 bridgehead atoms. The molecular formula is C13H22N2O4S. The van der Waals surface area contributed by atoms with Crippen LogP contribution in [0.25, 0.3) is 0 Å². The molecule has 0 saturated heterocycles. The first-order chi connectivity index (χ1) is 9.28. The summed E-state index contributed by atoms with van der Waals surface area (Å²) in [6.07, 6.45) is -0.858. The quantitative estimate of drug-likeness (QED) is 0.757. The van der Waals surface area contributed by atoms with Crippen LogP contribution in [0.4, 0.5) is 0 Å². The molecule has 7 heteroatoms. The van der Waals surface area contributed by atoms with Crippen molar-refractivity contribution >= 4 is 10.0 Å². The Kier molecular flexibility index (Phi) is 6.09. The number of aliphatic hydroxyl groups excluding tert-OH is 1. The van der Waals surface area contributed by atoms with Crippen molar-refractivity contribution in [1.82, 2.24) is 4.31 Å². The summed E-state index contributed by atoms with van der Waals surface area (Å²) in [7, 11) is -0.745. The Morgan fingerprint density at radius 3 is 2.35 bits per heavy atom. The van der Waals surface area contributed by atoms with Crippen LogP contribution in [0.1, 0.15) is 18.5 Å². The fourth-order valence-electron chi connectivity index (χ4n) is 1.76. The van der Waals surface area contributed by atoms with Crippen LogP contribution in [0.3, 0.4) is 0 Å². The predicted octanol–water partition coefficient (Wildman–Crippen LogP) is 0.334. The van der Waals surface area contributed by atoms with Crippen molar-refractivity contribution in [3.8, 4) is 0 Å². The van der Waals surface area contributed by atoms with E-state index in [9.17, 15) is 13.5 Å². The van der Waals surface area contributed by atoms with Gasteiger partial charge in [0, 0.05) is 26.7 Å². The molecule has 3 N–H and O–H groups in total. The molecule has 1 rings (SSSR count). The number of hydrogen-bond donors (Lipinski definition) is 2. The molecule has 0 aliphatic carbocycles. The van der Waals surface area contributed by atoms with Crippen molar-refractivity contribution in [2.45, 2.75) is 24.0 Å². The van der Waals surface area contributed by atoms with E-state index in [2.05, 4.69) is 0 Å². The van der Waals surface area contributed by atoms with Gasteiger partial charge in [0.15, 0.2) is 0 Å². The largest absolute Gasteiger partial charge is 0.389 e. The van der Waals surface area contributed by atoms with Gasteiger partial charge in [0.05, 0.1) is 17.6 Å². The maximum Gasteiger partial charge on any atom is 0.242 e. The van der Waals surface area contributed by atoms with E-state index in [0.717, 1.165) is 9.87 Å². The number of methoxy groups -OCH3 is 1. The van der Waals surface area contributed by atoms with Gasteiger partial charge in [0.2, 0.25) is 10.0 Å². The van der Waals surface area contributed by atoms with Gasteiger partial charge < -0.3 is 15.6 Å². The van der Waals surface area contributed by atoms with Gasteiger partial charge in [-0.15, -0.1) is 0 Å². The normalized spacial score (nSPS) is 15.3. The zero-order valence-electron chi connectivity index (χ0n) is 12.0. The third-order valence-corrected chi connectivity index (χ3v) is 4.78. The number of sulfonamides is 1. The second-order valence-electron chi connectivity index (χ2n) is 4.75. The average Bonchev–Trinajstić information content (AvgIpc) is 2.38. The lowest BCUT2D eigenvalue weighted by atomic mass is 10.1. The number of aliphatic hydroxyl groups is 1. The summed E-state index contributed by atoms with van der Waals surface area (Å²) >= 11 is 0. The predicted molar refractivity (Wildman–Crippen MR) is 76.7 cm³/mol. The molecule has 0 heterocycles. The number of nitrogens with two attached hydrogens (primary N) is 1. The number of hydrogen-bond acceptors (Lipinski definition) is 5. The van der Waals surface area contributed by atoms with Gasteiger partial charge in [0.25, 0.3) is 0 Å². The highest BCUT2D eigenvalue weighted by atomic mass is 32.2. The zero-order valence-corrected chi connectivity index (χ0v) is 12.8. The number of benzene rings is 1. The summed E-state index contributed by atoms with van der Waals surface area (Å²) in [5.74, 6) is 0. The van der Waals surface area contributed by atoms with Gasteiger partial charge in [0.1, 0.15) is 0 Å². The Morgan fingerprint density at radius 2 is 1.90 bits per heavy atom. The summed E-state index contributed by atoms with van der Waals surface area (Å²) in [5, 5.41) is 9.60. The van der Waals surface area contributed by atoms with Crippen molar-refractivity contribution in [2.24, 2.45) is 5.73 Å². The second-order valence-corrected chi connectivity index (χ2v) is 6.80. The van der Waals surface area contributed by atoms with Crippen LogP contribution in [0.5, 0.6) is 0 Å². The minimum absolute atomic E-state index is 0.0226. The minimum Gasteiger partial charge on any atom is -0.389 e. The molecule has 0 spiro atoms. The lowest BCUT2D eigenvalue weighted by Crippen LogP contribution is -2.36. The van der Waals surface area contributed by atoms with Crippen LogP contribution in [0.2, 0.25) is 0 Å². The van der Waals surface area contributed by atoms with Crippen molar-refractivity contribution in [3.05, 3.63) is 29.8 Å². The highest BCUT2D eigenvalue weighted by Gasteiger charge is 2.23. The van der Waals surface area contributed by atoms with E-state index in [4.69, 9.17) is 10.5 Å². The summed E-state index contributed by atoms with van der Waals surface area (Å²) in [5.41, 5.74) is 6.59. The van der Waals surface area contributed by atoms with Gasteiger partial charge >= 0.3 is 0 Å². The molecule has 1 aromatic carbocycles. The number of nitrogens with zero attached hydrogens (tertiary/aromatic N) is 1. The molecule has 0 aliphatic heterocycles. The van der Waals surface area contributed by atoms with Crippen LogP contribution in [0.15, 0.2) is 29.2 Å². The Morgan fingerprint density at radius 1 is 1.35 bits per heavy atom. The van der Waals surface area contributed by atoms with Gasteiger partial charge in [-0.3, -0.25) is 0 Å². The third kappa shape index (κ3) is 4.26. The maximum atomic E-state index is 12.3. The highest BCUT2D eigenvalue weighted by Crippen LogP contribution is 2.17. The molecule has 0 aromatic heterocycles. The van der Waals surface area contributed by atoms with E-state index in [1.807, 2.05) is 6.92 Å². The molecule has 114 valence electrons. The fraction of sp³-hybridized carbons (Fsp3) is 0.538. The molecule has 2 atom stereocenters. The Hall–Kier alpha value is -0.990. The van der Waals surface area contributed by atoms with E-state index >= 15 is 0 Å². The standard InChI is InChI=1S/C13H22N2O4S/c1-10(14)11-4-6-13(7-5-11)20(17,18)15(2)8-12(16)9-19-3/h4-7,10,12,16H,8-9,14H2,1-3H3. The summed E-state index contributed by atoms with van der Waals surface area (Å²) in [4.78, 5) is 0.175. The highest BCUT2D eigenvalue weighted by molar-refractivity contribution is 7.89. The molecule has 20 heavy (non-hydrogen) atoms. The number of likely N-dealkylation sites (N-methyl/N-ethyl adjacent to an activating group) is 1. The first-order valence-electron chi connectivity index (χ1n) is 6.28. The Bertz CT molecular complexity index is 514. The topological polar surface area (TPSA) is 92.9 Å². The Balaban J connectivity index is 2.87. The van der Waals surface area contributed by atoms with Crippen molar-refractivity contribution in [1.29, 1.82) is 0 Å². The first kappa shape index (κ1) is 17.1. The summed E-state index contributed by atoms with van der Waals surface area (Å²) < 4.78 is 30.5. The number of ether oxygens (including phenoxy) is 1. The monoisotopic (exact) mass is 302 g/mol. The lowest BCUT2D eigenvalue weighted by molar-refractivity contribution is 0.0554. The summed E-state index contributed by atoms with van der Waals surface area (Å²) in [6, 6.07) is 6.28. The van der Waals surface area contributed by atoms with Crippen molar-refractivity contribution < 1.29 is 18.3 Å². The molecule has 0 fully saturated rings. The van der Waals surface area contributed by atoms with Crippen molar-refractivity contribution in [2.75, 3.05) is 27.3 Å². The SMILES string of the molecule is COCC(O)CN(C)S(=O)(=O)c1ccc(C(C)N)cc1. The van der Waals surface area contributed by atoms with E-state index in [-0.39, 0.29) is 24.1 Å². The summed E-state index contributed by atoms with van der Waals surface area (Å²) in [6.45, 7) is 1.89. The third-order valence-electron chi connectivity index (χ3n) is 2.94. The molecule has 0 saturated carbocycles. The van der Waals surface area contributed by atoms with E-state index in [1.54, 1.807) is 12.1 Å². The smallest absolute Gasteiger partial charge is 0.242 e. The van der Waals surface area contributed by atoms with Crippen molar-refractivity contribution in [3.63, 3.8) is 0 Å². The average molecular weight is 302 g/mol. The molecular weight excluding hydrogens is 280 g/mol. The van der Waals surface area contributed by atoms with Gasteiger partial charge in [-0.2, -0.15) is 4.31 Å². The molecule has 0 amide bonds. The van der Waals surface area contributed by atoms with Crippen LogP contribution in [-0.4, -0.2) is 51.2 Å². The molecule has 0 radical (unpaired) electrons. The van der Waals surface area contributed by atoms with Crippen LogP contribution in [0, 0.1) is 0 Å².